The van der Waals surface area contributed by atoms with Gasteiger partial charge in [0.2, 0.25) is 0 Å². The van der Waals surface area contributed by atoms with E-state index in [1.807, 2.05) is 13.8 Å². The van der Waals surface area contributed by atoms with Crippen LogP contribution < -0.4 is 34.9 Å². The first-order valence-electron chi connectivity index (χ1n) is 4.63. The topological polar surface area (TPSA) is 55.4 Å². The van der Waals surface area contributed by atoms with Crippen LogP contribution in [0.4, 0.5) is 4.79 Å². The van der Waals surface area contributed by atoms with Gasteiger partial charge in [-0.2, -0.15) is 0 Å². The summed E-state index contributed by atoms with van der Waals surface area (Å²) in [5.41, 5.74) is -0.547. The van der Waals surface area contributed by atoms with Gasteiger partial charge in [-0.05, 0) is 20.8 Å². The molecule has 0 aromatic rings. The fourth-order valence-electron chi connectivity index (χ4n) is 0.767. The third-order valence-corrected chi connectivity index (χ3v) is 1.47. The van der Waals surface area contributed by atoms with E-state index in [2.05, 4.69) is 5.32 Å². The third kappa shape index (κ3) is 8.90. The van der Waals surface area contributed by atoms with E-state index in [0.29, 0.717) is 0 Å². The fraction of sp³-hybridized carbons (Fsp3) is 0.800. The number of ether oxygens (including phenoxy) is 1. The number of hydrogen-bond acceptors (Lipinski definition) is 3. The predicted molar refractivity (Wildman–Crippen MR) is 53.7 cm³/mol. The van der Waals surface area contributed by atoms with E-state index in [1.165, 1.54) is 0 Å². The third-order valence-electron chi connectivity index (χ3n) is 1.47. The maximum absolute atomic E-state index is 11.2. The zero-order chi connectivity index (χ0) is 11.4. The second-order valence-corrected chi connectivity index (χ2v) is 4.49. The smallest absolute Gasteiger partial charge is 0.540 e. The number of hydrogen-bond donors (Lipinski definition) is 1. The average molecular weight is 223 g/mol. The van der Waals surface area contributed by atoms with Gasteiger partial charge in [-0.15, -0.1) is 0 Å². The Hall–Kier alpha value is -0.0600. The molecule has 15 heavy (non-hydrogen) atoms. The van der Waals surface area contributed by atoms with Crippen molar-refractivity contribution in [1.29, 1.82) is 0 Å². The summed E-state index contributed by atoms with van der Waals surface area (Å²) < 4.78 is 4.99. The van der Waals surface area contributed by atoms with Gasteiger partial charge >= 0.3 is 35.7 Å². The van der Waals surface area contributed by atoms with Gasteiger partial charge < -0.3 is 14.8 Å². The zero-order valence-corrected chi connectivity index (χ0v) is 12.4. The summed E-state index contributed by atoms with van der Waals surface area (Å²) in [5.74, 6) is 0.0139. The SMILES string of the molecule is CC(C)[C@@H]([C-]=O)NC(=O)OC(C)(C)C.[Na+]. The minimum atomic E-state index is -0.607. The number of amides is 1. The molecule has 0 fully saturated rings. The molecule has 0 bridgehead atoms. The second kappa shape index (κ2) is 7.25. The number of carbonyl (C=O) groups excluding carboxylic acids is 2. The summed E-state index contributed by atoms with van der Waals surface area (Å²) in [4.78, 5) is 21.7. The van der Waals surface area contributed by atoms with Crippen molar-refractivity contribution in [3.8, 4) is 0 Å². The van der Waals surface area contributed by atoms with Crippen molar-refractivity contribution < 1.29 is 43.9 Å². The van der Waals surface area contributed by atoms with Gasteiger partial charge in [0.15, 0.2) is 0 Å². The molecule has 0 spiro atoms. The first kappa shape index (κ1) is 17.3. The first-order chi connectivity index (χ1) is 6.26. The molecule has 0 saturated heterocycles. The van der Waals surface area contributed by atoms with E-state index in [1.54, 1.807) is 27.1 Å². The van der Waals surface area contributed by atoms with E-state index in [-0.39, 0.29) is 35.5 Å². The molecule has 0 aliphatic carbocycles. The van der Waals surface area contributed by atoms with Gasteiger partial charge in [0.25, 0.3) is 0 Å². The molecule has 0 unspecified atom stereocenters. The molecule has 4 nitrogen and oxygen atoms in total. The van der Waals surface area contributed by atoms with E-state index in [4.69, 9.17) is 4.74 Å². The summed E-state index contributed by atoms with van der Waals surface area (Å²) >= 11 is 0. The molecule has 1 amide bonds. The molecule has 82 valence electrons. The largest absolute Gasteiger partial charge is 1.00 e. The van der Waals surface area contributed by atoms with Crippen LogP contribution >= 0.6 is 0 Å². The molecule has 1 atom stereocenters. The van der Waals surface area contributed by atoms with Crippen LogP contribution in [0.2, 0.25) is 0 Å². The van der Waals surface area contributed by atoms with Crippen LogP contribution in [-0.2, 0) is 9.53 Å². The van der Waals surface area contributed by atoms with Crippen LogP contribution in [-0.4, -0.2) is 24.0 Å². The summed E-state index contributed by atoms with van der Waals surface area (Å²) in [6.07, 6.45) is 1.17. The Labute approximate surface area is 113 Å². The molecule has 0 rings (SSSR count). The van der Waals surface area contributed by atoms with Crippen LogP contribution in [0.3, 0.4) is 0 Å². The standard InChI is InChI=1S/C10H18NO3.Na/c1-7(2)8(6-12)11-9(13)14-10(3,4)5;/h7-8H,1-5H3,(H,11,13);/q-1;+1/t8-;/m1./s1. The maximum atomic E-state index is 11.2. The molecule has 1 N–H and O–H groups in total. The van der Waals surface area contributed by atoms with Gasteiger partial charge in [0, 0.05) is 0 Å². The van der Waals surface area contributed by atoms with Crippen molar-refractivity contribution in [2.75, 3.05) is 0 Å². The Morgan fingerprint density at radius 3 is 2.07 bits per heavy atom. The molecular weight excluding hydrogens is 205 g/mol. The van der Waals surface area contributed by atoms with Gasteiger partial charge in [-0.1, -0.05) is 25.8 Å². The van der Waals surface area contributed by atoms with Crippen molar-refractivity contribution in [2.45, 2.75) is 46.3 Å². The number of carbonyl (C=O) groups is 1. The Morgan fingerprint density at radius 2 is 1.80 bits per heavy atom. The Balaban J connectivity index is 0. The van der Waals surface area contributed by atoms with Crippen molar-refractivity contribution in [3.05, 3.63) is 0 Å². The minimum Gasteiger partial charge on any atom is -0.540 e. The van der Waals surface area contributed by atoms with Crippen LogP contribution in [0.1, 0.15) is 34.6 Å². The average Bonchev–Trinajstić information content (AvgIpc) is 1.96. The second-order valence-electron chi connectivity index (χ2n) is 4.49. The quantitative estimate of drug-likeness (QED) is 0.475. The number of alkyl carbamates (subject to hydrolysis) is 1. The summed E-state index contributed by atoms with van der Waals surface area (Å²) in [7, 11) is 0. The van der Waals surface area contributed by atoms with Gasteiger partial charge in [0.05, 0.1) is 0 Å². The summed E-state index contributed by atoms with van der Waals surface area (Å²) in [5, 5.41) is 2.44. The molecule has 0 aromatic carbocycles. The molecule has 0 heterocycles. The van der Waals surface area contributed by atoms with Gasteiger partial charge in [0.1, 0.15) is 5.60 Å². The monoisotopic (exact) mass is 223 g/mol. The van der Waals surface area contributed by atoms with Crippen LogP contribution in [0.15, 0.2) is 0 Å². The Morgan fingerprint density at radius 1 is 1.33 bits per heavy atom. The summed E-state index contributed by atoms with van der Waals surface area (Å²) in [6.45, 7) is 8.95. The van der Waals surface area contributed by atoms with Crippen molar-refractivity contribution in [1.82, 2.24) is 5.32 Å². The molecule has 0 saturated carbocycles. The Bertz CT molecular complexity index is 211. The molecule has 0 aliphatic rings. The molecular formula is C10H18NNaO3. The zero-order valence-electron chi connectivity index (χ0n) is 10.4. The van der Waals surface area contributed by atoms with Crippen LogP contribution in [0.5, 0.6) is 0 Å². The van der Waals surface area contributed by atoms with Crippen molar-refractivity contribution >= 4 is 12.4 Å². The molecule has 0 aliphatic heterocycles. The van der Waals surface area contributed by atoms with E-state index in [0.717, 1.165) is 0 Å². The maximum Gasteiger partial charge on any atom is 1.00 e. The van der Waals surface area contributed by atoms with Crippen LogP contribution in [0, 0.1) is 5.92 Å². The normalized spacial score (nSPS) is 12.7. The van der Waals surface area contributed by atoms with Gasteiger partial charge in [-0.3, -0.25) is 0 Å². The van der Waals surface area contributed by atoms with E-state index >= 15 is 0 Å². The molecule has 0 aromatic heterocycles. The fourth-order valence-corrected chi connectivity index (χ4v) is 0.767. The Kier molecular flexibility index (Phi) is 8.38. The molecule has 5 heteroatoms. The predicted octanol–water partition coefficient (Wildman–Crippen LogP) is -1.35. The number of nitrogens with one attached hydrogen (secondary N) is 1. The first-order valence-corrected chi connectivity index (χ1v) is 4.63. The van der Waals surface area contributed by atoms with Crippen molar-refractivity contribution in [2.24, 2.45) is 5.92 Å². The van der Waals surface area contributed by atoms with Gasteiger partial charge in [-0.25, -0.2) is 11.1 Å². The number of rotatable bonds is 3. The molecule has 0 radical (unpaired) electrons. The van der Waals surface area contributed by atoms with E-state index in [9.17, 15) is 9.59 Å². The van der Waals surface area contributed by atoms with Crippen molar-refractivity contribution in [3.63, 3.8) is 0 Å². The van der Waals surface area contributed by atoms with E-state index < -0.39 is 17.7 Å². The van der Waals surface area contributed by atoms with Crippen LogP contribution in [0.25, 0.3) is 0 Å². The minimum absolute atomic E-state index is 0. The summed E-state index contributed by atoms with van der Waals surface area (Å²) in [6, 6.07) is -0.607.